The zero-order valence-electron chi connectivity index (χ0n) is 14.4. The third-order valence-corrected chi connectivity index (χ3v) is 5.30. The predicted molar refractivity (Wildman–Crippen MR) is 87.7 cm³/mol. The monoisotopic (exact) mass is 313 g/mol. The number of nitrogens with zero attached hydrogens (tertiary/aromatic N) is 1. The summed E-state index contributed by atoms with van der Waals surface area (Å²) in [7, 11) is 3.51. The van der Waals surface area contributed by atoms with Gasteiger partial charge in [0.05, 0.1) is 7.11 Å². The van der Waals surface area contributed by atoms with Crippen LogP contribution in [0.5, 0.6) is 5.75 Å². The number of carbonyl (C=O) groups excluding carboxylic acids is 1. The number of methoxy groups -OCH3 is 1. The van der Waals surface area contributed by atoms with E-state index in [1.165, 1.54) is 16.7 Å². The van der Waals surface area contributed by atoms with Crippen LogP contribution in [0.25, 0.3) is 5.57 Å². The van der Waals surface area contributed by atoms with E-state index in [2.05, 4.69) is 26.0 Å². The molecule has 0 bridgehead atoms. The Morgan fingerprint density at radius 3 is 2.65 bits per heavy atom. The van der Waals surface area contributed by atoms with Gasteiger partial charge in [0, 0.05) is 18.9 Å². The number of benzene rings is 1. The lowest BCUT2D eigenvalue weighted by Crippen LogP contribution is -2.40. The molecular formula is C19H23NO3. The fraction of sp³-hybridized carbons (Fsp3) is 0.474. The van der Waals surface area contributed by atoms with Crippen LogP contribution in [-0.2, 0) is 11.2 Å². The molecule has 0 radical (unpaired) electrons. The molecule has 1 aliphatic carbocycles. The van der Waals surface area contributed by atoms with Gasteiger partial charge in [-0.2, -0.15) is 0 Å². The highest BCUT2D eigenvalue weighted by Gasteiger charge is 2.42. The quantitative estimate of drug-likeness (QED) is 0.780. The summed E-state index contributed by atoms with van der Waals surface area (Å²) in [4.78, 5) is 11.4. The molecule has 1 unspecified atom stereocenters. The van der Waals surface area contributed by atoms with E-state index in [1.807, 2.05) is 24.6 Å². The summed E-state index contributed by atoms with van der Waals surface area (Å²) in [5.74, 6) is -0.143. The number of carbonyl (C=O) groups is 1. The molecular weight excluding hydrogens is 290 g/mol. The number of hydrogen-bond donors (Lipinski definition) is 0. The van der Waals surface area contributed by atoms with E-state index in [-0.39, 0.29) is 5.41 Å². The summed E-state index contributed by atoms with van der Waals surface area (Å²) < 4.78 is 7.17. The van der Waals surface area contributed by atoms with Gasteiger partial charge in [0.2, 0.25) is 0 Å². The van der Waals surface area contributed by atoms with Crippen LogP contribution in [0.2, 0.25) is 0 Å². The molecule has 122 valence electrons. The number of fused-ring (bicyclic) bond motifs is 1. The molecule has 1 heterocycles. The van der Waals surface area contributed by atoms with E-state index in [4.69, 9.17) is 4.74 Å². The average molecular weight is 313 g/mol. The molecule has 0 N–H and O–H groups in total. The van der Waals surface area contributed by atoms with E-state index in [9.17, 15) is 9.90 Å². The van der Waals surface area contributed by atoms with Crippen molar-refractivity contribution in [2.24, 2.45) is 5.41 Å². The van der Waals surface area contributed by atoms with Gasteiger partial charge < -0.3 is 14.6 Å². The summed E-state index contributed by atoms with van der Waals surface area (Å²) >= 11 is 0. The smallest absolute Gasteiger partial charge is 0.196 e. The fourth-order valence-electron chi connectivity index (χ4n) is 4.04. The SMILES string of the molecule is COc1ccc2c(c1)CC(C)(C)/C2=C1/CC(C(=O)[O-])[N+](C)=C1C. The van der Waals surface area contributed by atoms with Crippen LogP contribution in [0.15, 0.2) is 23.8 Å². The van der Waals surface area contributed by atoms with E-state index in [0.29, 0.717) is 6.42 Å². The van der Waals surface area contributed by atoms with Gasteiger partial charge >= 0.3 is 0 Å². The highest BCUT2D eigenvalue weighted by atomic mass is 16.5. The Bertz CT molecular complexity index is 756. The lowest BCUT2D eigenvalue weighted by molar-refractivity contribution is -0.530. The molecule has 1 atom stereocenters. The summed E-state index contributed by atoms with van der Waals surface area (Å²) in [5, 5.41) is 11.4. The maximum absolute atomic E-state index is 11.4. The first-order chi connectivity index (χ1) is 10.8. The van der Waals surface area contributed by atoms with Crippen LogP contribution in [0, 0.1) is 5.41 Å². The minimum Gasteiger partial charge on any atom is -0.543 e. The van der Waals surface area contributed by atoms with E-state index in [0.717, 1.165) is 23.5 Å². The highest BCUT2D eigenvalue weighted by Crippen LogP contribution is 2.50. The summed E-state index contributed by atoms with van der Waals surface area (Å²) in [6.45, 7) is 6.45. The third-order valence-electron chi connectivity index (χ3n) is 5.30. The Morgan fingerprint density at radius 1 is 1.39 bits per heavy atom. The first-order valence-corrected chi connectivity index (χ1v) is 7.95. The molecule has 1 aromatic rings. The van der Waals surface area contributed by atoms with Crippen LogP contribution in [-0.4, -0.2) is 36.5 Å². The molecule has 1 aromatic carbocycles. The van der Waals surface area contributed by atoms with Gasteiger partial charge in [0.1, 0.15) is 18.8 Å². The minimum atomic E-state index is -1.01. The first kappa shape index (κ1) is 15.8. The maximum atomic E-state index is 11.4. The van der Waals surface area contributed by atoms with Gasteiger partial charge in [0.25, 0.3) is 0 Å². The van der Waals surface area contributed by atoms with Gasteiger partial charge in [0.15, 0.2) is 11.8 Å². The Hall–Kier alpha value is -2.10. The molecule has 23 heavy (non-hydrogen) atoms. The van der Waals surface area contributed by atoms with Crippen molar-refractivity contribution in [1.29, 1.82) is 0 Å². The first-order valence-electron chi connectivity index (χ1n) is 7.95. The number of ether oxygens (including phenoxy) is 1. The second-order valence-corrected chi connectivity index (χ2v) is 7.17. The standard InChI is InChI=1S/C19H23NO3/c1-11-15(9-16(18(21)22)20(11)4)17-14-7-6-13(23-5)8-12(14)10-19(17,2)3/h6-8,16H,9-10H2,1-5H3/b17-15-. The van der Waals surface area contributed by atoms with Crippen molar-refractivity contribution in [1.82, 2.24) is 0 Å². The van der Waals surface area contributed by atoms with Crippen molar-refractivity contribution in [3.63, 3.8) is 0 Å². The molecule has 4 heteroatoms. The highest BCUT2D eigenvalue weighted by molar-refractivity contribution is 6.06. The molecule has 1 aliphatic heterocycles. The number of carboxylic acids is 1. The van der Waals surface area contributed by atoms with Crippen molar-refractivity contribution in [2.75, 3.05) is 14.2 Å². The largest absolute Gasteiger partial charge is 0.543 e. The van der Waals surface area contributed by atoms with Crippen LogP contribution in [0.4, 0.5) is 0 Å². The second-order valence-electron chi connectivity index (χ2n) is 7.17. The Labute approximate surface area is 137 Å². The summed E-state index contributed by atoms with van der Waals surface area (Å²) in [6, 6.07) is 5.60. The number of aliphatic carboxylic acids is 1. The van der Waals surface area contributed by atoms with E-state index < -0.39 is 12.0 Å². The van der Waals surface area contributed by atoms with Crippen molar-refractivity contribution >= 4 is 17.3 Å². The number of rotatable bonds is 2. The molecule has 0 aromatic heterocycles. The molecule has 0 saturated heterocycles. The van der Waals surface area contributed by atoms with Crippen LogP contribution < -0.4 is 9.84 Å². The number of allylic oxidation sites excluding steroid dienone is 1. The minimum absolute atomic E-state index is 0.0209. The normalized spacial score (nSPS) is 25.7. The van der Waals surface area contributed by atoms with Gasteiger partial charge in [-0.1, -0.05) is 19.9 Å². The topological polar surface area (TPSA) is 52.4 Å². The Kier molecular flexibility index (Phi) is 3.58. The molecule has 2 aliphatic rings. The number of hydrogen-bond acceptors (Lipinski definition) is 3. The Balaban J connectivity index is 2.19. The van der Waals surface area contributed by atoms with Crippen molar-refractivity contribution in [3.8, 4) is 5.75 Å². The number of likely N-dealkylation sites (N-methyl/N-ethyl adjacent to an activating group) is 1. The van der Waals surface area contributed by atoms with Crippen molar-refractivity contribution in [3.05, 3.63) is 34.9 Å². The van der Waals surface area contributed by atoms with Gasteiger partial charge in [-0.05, 0) is 40.7 Å². The fourth-order valence-corrected chi connectivity index (χ4v) is 4.04. The van der Waals surface area contributed by atoms with Gasteiger partial charge in [-0.25, -0.2) is 4.58 Å². The molecule has 0 fully saturated rings. The van der Waals surface area contributed by atoms with Crippen LogP contribution in [0.3, 0.4) is 0 Å². The van der Waals surface area contributed by atoms with Gasteiger partial charge in [-0.15, -0.1) is 0 Å². The predicted octanol–water partition coefficient (Wildman–Crippen LogP) is 1.66. The summed E-state index contributed by atoms with van der Waals surface area (Å²) in [6.07, 6.45) is 1.44. The zero-order chi connectivity index (χ0) is 16.9. The second kappa shape index (κ2) is 5.22. The molecule has 0 amide bonds. The summed E-state index contributed by atoms with van der Waals surface area (Å²) in [5.41, 5.74) is 5.92. The molecule has 0 saturated carbocycles. The van der Waals surface area contributed by atoms with Gasteiger partial charge in [-0.3, -0.25) is 0 Å². The lowest BCUT2D eigenvalue weighted by atomic mass is 9.80. The van der Waals surface area contributed by atoms with E-state index >= 15 is 0 Å². The molecule has 3 rings (SSSR count). The molecule has 4 nitrogen and oxygen atoms in total. The average Bonchev–Trinajstić information content (AvgIpc) is 2.91. The molecule has 0 spiro atoms. The van der Waals surface area contributed by atoms with Crippen LogP contribution in [0.1, 0.15) is 38.3 Å². The van der Waals surface area contributed by atoms with E-state index in [1.54, 1.807) is 7.11 Å². The third kappa shape index (κ3) is 2.37. The maximum Gasteiger partial charge on any atom is 0.196 e. The van der Waals surface area contributed by atoms with Crippen LogP contribution >= 0.6 is 0 Å². The number of carboxylic acid groups (broad SMARTS) is 1. The van der Waals surface area contributed by atoms with Crippen molar-refractivity contribution in [2.45, 2.75) is 39.7 Å². The Morgan fingerprint density at radius 2 is 2.09 bits per heavy atom. The van der Waals surface area contributed by atoms with Crippen molar-refractivity contribution < 1.29 is 19.2 Å². The zero-order valence-corrected chi connectivity index (χ0v) is 14.4. The lowest BCUT2D eigenvalue weighted by Gasteiger charge is -2.22.